The largest absolute Gasteiger partial charge is 0.496 e. The molecule has 1 amide bonds. The van der Waals surface area contributed by atoms with Crippen molar-refractivity contribution in [1.82, 2.24) is 24.2 Å². The van der Waals surface area contributed by atoms with Crippen LogP contribution in [0.15, 0.2) is 29.1 Å². The standard InChI is InChI=1S/C35H41F2N7O8/c1-17(2)26-28(19(4)40(8)39-26)43-31-20(14-22(37)27(38-31)25-21(36)12-11-13-24(25)50-9)29(30(32(43)45)44(48)49)42-15-18(3)41(16-23(42)33(46)51-10)34(47)52-35(5,6)7/h11-14,17-18,23H,15-16H2,1-10H3/t18-,23-/m1/s1. The molecule has 1 aliphatic heterocycles. The molecule has 0 N–H and O–H groups in total. The minimum atomic E-state index is -1.41. The second-order valence-corrected chi connectivity index (χ2v) is 13.9. The second kappa shape index (κ2) is 13.8. The number of carbonyl (C=O) groups is 2. The number of hydrogen-bond acceptors (Lipinski definition) is 11. The quantitative estimate of drug-likeness (QED) is 0.136. The molecule has 1 fully saturated rings. The van der Waals surface area contributed by atoms with Crippen LogP contribution in [0.5, 0.6) is 5.75 Å². The summed E-state index contributed by atoms with van der Waals surface area (Å²) in [6.45, 7) is 11.3. The molecule has 1 aromatic carbocycles. The summed E-state index contributed by atoms with van der Waals surface area (Å²) in [5.41, 5.74) is -3.65. The van der Waals surface area contributed by atoms with Crippen molar-refractivity contribution in [2.24, 2.45) is 7.05 Å². The Bertz CT molecular complexity index is 2160. The van der Waals surface area contributed by atoms with Crippen molar-refractivity contribution in [3.63, 3.8) is 0 Å². The Morgan fingerprint density at radius 1 is 1.10 bits per heavy atom. The molecule has 0 aliphatic carbocycles. The predicted molar refractivity (Wildman–Crippen MR) is 187 cm³/mol. The van der Waals surface area contributed by atoms with E-state index in [-0.39, 0.29) is 47.0 Å². The van der Waals surface area contributed by atoms with Crippen LogP contribution in [0.3, 0.4) is 0 Å². The number of amides is 1. The highest BCUT2D eigenvalue weighted by molar-refractivity contribution is 5.99. The maximum Gasteiger partial charge on any atom is 0.410 e. The minimum Gasteiger partial charge on any atom is -0.496 e. The second-order valence-electron chi connectivity index (χ2n) is 13.9. The molecule has 15 nitrogen and oxygen atoms in total. The number of halogens is 2. The molecule has 1 saturated heterocycles. The maximum atomic E-state index is 16.5. The molecule has 5 rings (SSSR count). The van der Waals surface area contributed by atoms with Crippen LogP contribution in [0.1, 0.15) is 58.8 Å². The summed E-state index contributed by atoms with van der Waals surface area (Å²) in [6, 6.07) is 2.64. The number of nitrogens with zero attached hydrogens (tertiary/aromatic N) is 7. The van der Waals surface area contributed by atoms with Crippen LogP contribution >= 0.6 is 0 Å². The molecule has 1 aliphatic rings. The van der Waals surface area contributed by atoms with Gasteiger partial charge in [-0.15, -0.1) is 0 Å². The van der Waals surface area contributed by atoms with E-state index in [0.29, 0.717) is 11.4 Å². The number of aromatic nitrogens is 4. The average Bonchev–Trinajstić information content (AvgIpc) is 3.35. The van der Waals surface area contributed by atoms with Gasteiger partial charge in [0.1, 0.15) is 34.6 Å². The van der Waals surface area contributed by atoms with E-state index in [0.717, 1.165) is 23.8 Å². The lowest BCUT2D eigenvalue weighted by Gasteiger charge is -2.44. The van der Waals surface area contributed by atoms with E-state index >= 15 is 8.78 Å². The number of hydrogen-bond donors (Lipinski definition) is 0. The number of anilines is 1. The Kier molecular flexibility index (Phi) is 10.0. The first-order valence-corrected chi connectivity index (χ1v) is 16.5. The van der Waals surface area contributed by atoms with Gasteiger partial charge in [-0.3, -0.25) is 24.2 Å². The molecule has 3 aromatic heterocycles. The molecule has 2 atom stereocenters. The van der Waals surface area contributed by atoms with Crippen molar-refractivity contribution in [3.05, 3.63) is 67.8 Å². The third kappa shape index (κ3) is 6.50. The fourth-order valence-electron chi connectivity index (χ4n) is 6.42. The summed E-state index contributed by atoms with van der Waals surface area (Å²) < 4.78 is 50.4. The van der Waals surface area contributed by atoms with Crippen molar-refractivity contribution in [2.45, 2.75) is 72.1 Å². The number of benzene rings is 1. The Morgan fingerprint density at radius 2 is 1.77 bits per heavy atom. The van der Waals surface area contributed by atoms with E-state index in [9.17, 15) is 24.5 Å². The van der Waals surface area contributed by atoms with Gasteiger partial charge in [-0.05, 0) is 58.7 Å². The molecule has 4 heterocycles. The third-order valence-electron chi connectivity index (χ3n) is 8.89. The van der Waals surface area contributed by atoms with E-state index < -0.39 is 68.9 Å². The van der Waals surface area contributed by atoms with Gasteiger partial charge in [-0.25, -0.2) is 23.4 Å². The number of carbonyl (C=O) groups excluding carboxylic acids is 2. The fourth-order valence-corrected chi connectivity index (χ4v) is 6.42. The summed E-state index contributed by atoms with van der Waals surface area (Å²) in [7, 11) is 4.01. The van der Waals surface area contributed by atoms with Crippen LogP contribution in [0.4, 0.5) is 25.0 Å². The monoisotopic (exact) mass is 725 g/mol. The number of esters is 1. The third-order valence-corrected chi connectivity index (χ3v) is 8.89. The molecule has 278 valence electrons. The number of rotatable bonds is 7. The number of nitro groups is 1. The number of fused-ring (bicyclic) bond motifs is 1. The van der Waals surface area contributed by atoms with Gasteiger partial charge in [0.05, 0.1) is 53.7 Å². The molecule has 0 unspecified atom stereocenters. The summed E-state index contributed by atoms with van der Waals surface area (Å²) in [5.74, 6) is -3.22. The van der Waals surface area contributed by atoms with Gasteiger partial charge in [-0.1, -0.05) is 19.9 Å². The molecule has 52 heavy (non-hydrogen) atoms. The summed E-state index contributed by atoms with van der Waals surface area (Å²) >= 11 is 0. The molecule has 0 bridgehead atoms. The fraction of sp³-hybridized carbons (Fsp3) is 0.457. The molecular formula is C35H41F2N7O8. The maximum absolute atomic E-state index is 16.5. The van der Waals surface area contributed by atoms with Crippen molar-refractivity contribution in [3.8, 4) is 22.7 Å². The number of methoxy groups -OCH3 is 2. The lowest BCUT2D eigenvalue weighted by molar-refractivity contribution is -0.385. The van der Waals surface area contributed by atoms with Crippen molar-refractivity contribution in [1.29, 1.82) is 0 Å². The highest BCUT2D eigenvalue weighted by Gasteiger charge is 2.45. The van der Waals surface area contributed by atoms with Gasteiger partial charge in [0, 0.05) is 19.6 Å². The molecule has 17 heteroatoms. The van der Waals surface area contributed by atoms with Crippen molar-refractivity contribution >= 4 is 34.5 Å². The van der Waals surface area contributed by atoms with Crippen LogP contribution in [-0.4, -0.2) is 86.2 Å². The van der Waals surface area contributed by atoms with E-state index in [4.69, 9.17) is 14.2 Å². The van der Waals surface area contributed by atoms with E-state index in [1.807, 2.05) is 13.8 Å². The number of piperazine rings is 1. The zero-order valence-electron chi connectivity index (χ0n) is 30.6. The van der Waals surface area contributed by atoms with Crippen LogP contribution in [0, 0.1) is 28.7 Å². The van der Waals surface area contributed by atoms with E-state index in [1.54, 1.807) is 41.7 Å². The van der Waals surface area contributed by atoms with Gasteiger partial charge in [-0.2, -0.15) is 5.10 Å². The Hall–Kier alpha value is -5.61. The Morgan fingerprint density at radius 3 is 2.35 bits per heavy atom. The Balaban J connectivity index is 1.93. The first-order chi connectivity index (χ1) is 24.3. The first kappa shape index (κ1) is 37.6. The minimum absolute atomic E-state index is 0.0555. The summed E-state index contributed by atoms with van der Waals surface area (Å²) in [6.07, 6.45) is -0.743. The molecule has 4 aromatic rings. The highest BCUT2D eigenvalue weighted by Crippen LogP contribution is 2.42. The number of pyridine rings is 2. The molecule has 0 spiro atoms. The van der Waals surface area contributed by atoms with Crippen molar-refractivity contribution < 1.29 is 37.5 Å². The van der Waals surface area contributed by atoms with Gasteiger partial charge < -0.3 is 24.0 Å². The lowest BCUT2D eigenvalue weighted by atomic mass is 10.0. The zero-order valence-corrected chi connectivity index (χ0v) is 30.6. The van der Waals surface area contributed by atoms with E-state index in [1.165, 1.54) is 33.7 Å². The van der Waals surface area contributed by atoms with Crippen LogP contribution < -0.4 is 15.2 Å². The number of aryl methyl sites for hydroxylation is 1. The van der Waals surface area contributed by atoms with Gasteiger partial charge in [0.25, 0.3) is 0 Å². The van der Waals surface area contributed by atoms with Gasteiger partial charge in [0.15, 0.2) is 11.5 Å². The Labute approximate surface area is 297 Å². The molecule has 0 saturated carbocycles. The first-order valence-electron chi connectivity index (χ1n) is 16.5. The van der Waals surface area contributed by atoms with Gasteiger partial charge >= 0.3 is 23.3 Å². The van der Waals surface area contributed by atoms with Crippen LogP contribution in [-0.2, 0) is 21.3 Å². The van der Waals surface area contributed by atoms with Gasteiger partial charge in [0.2, 0.25) is 0 Å². The SMILES string of the molecule is COC(=O)[C@H]1CN(C(=O)OC(C)(C)C)[C@H](C)CN1c1c([N+](=O)[O-])c(=O)n(-c2c(C(C)C)nn(C)c2C)c2nc(-c3c(F)cccc3OC)c(F)cc12. The van der Waals surface area contributed by atoms with Crippen LogP contribution in [0.25, 0.3) is 28.0 Å². The summed E-state index contributed by atoms with van der Waals surface area (Å²) in [5, 5.41) is 17.4. The summed E-state index contributed by atoms with van der Waals surface area (Å²) in [4.78, 5) is 60.6. The topological polar surface area (TPSA) is 164 Å². The predicted octanol–water partition coefficient (Wildman–Crippen LogP) is 5.40. The molecule has 0 radical (unpaired) electrons. The zero-order chi connectivity index (χ0) is 38.6. The smallest absolute Gasteiger partial charge is 0.410 e. The lowest BCUT2D eigenvalue weighted by Crippen LogP contribution is -2.62. The average molecular weight is 726 g/mol. The normalized spacial score (nSPS) is 16.4. The van der Waals surface area contributed by atoms with Crippen molar-refractivity contribution in [2.75, 3.05) is 32.2 Å². The number of ether oxygens (including phenoxy) is 3. The highest BCUT2D eigenvalue weighted by atomic mass is 19.1. The van der Waals surface area contributed by atoms with E-state index in [2.05, 4.69) is 10.1 Å². The van der Waals surface area contributed by atoms with Crippen LogP contribution in [0.2, 0.25) is 0 Å². The molecular weight excluding hydrogens is 684 g/mol.